The number of nitrogens with one attached hydrogen (secondary N) is 1. The van der Waals surface area contributed by atoms with Crippen LogP contribution in [-0.2, 0) is 10.0 Å². The van der Waals surface area contributed by atoms with Crippen LogP contribution in [0, 0.1) is 0 Å². The molecule has 7 heteroatoms. The number of hydrogen-bond donors (Lipinski definition) is 1. The zero-order valence-corrected chi connectivity index (χ0v) is 14.2. The lowest BCUT2D eigenvalue weighted by Gasteiger charge is -2.38. The summed E-state index contributed by atoms with van der Waals surface area (Å²) in [4.78, 5) is 4.28. The van der Waals surface area contributed by atoms with E-state index in [2.05, 4.69) is 26.2 Å². The molecule has 3 rings (SSSR count). The molecule has 116 valence electrons. The monoisotopic (exact) mass is 373 g/mol. The van der Waals surface area contributed by atoms with E-state index in [0.29, 0.717) is 17.1 Å². The molecule has 21 heavy (non-hydrogen) atoms. The van der Waals surface area contributed by atoms with Crippen molar-refractivity contribution < 1.29 is 8.42 Å². The smallest absolute Gasteiger partial charge is 0.244 e. The topological polar surface area (TPSA) is 62.3 Å². The third-order valence-corrected chi connectivity index (χ3v) is 6.67. The Balaban J connectivity index is 1.91. The van der Waals surface area contributed by atoms with E-state index in [4.69, 9.17) is 0 Å². The van der Waals surface area contributed by atoms with Gasteiger partial charge in [0.15, 0.2) is 0 Å². The number of aromatic nitrogens is 1. The fourth-order valence-electron chi connectivity index (χ4n) is 3.34. The number of hydrogen-bond acceptors (Lipinski definition) is 4. The van der Waals surface area contributed by atoms with E-state index in [9.17, 15) is 8.42 Å². The highest BCUT2D eigenvalue weighted by atomic mass is 79.9. The highest BCUT2D eigenvalue weighted by Crippen LogP contribution is 2.30. The summed E-state index contributed by atoms with van der Waals surface area (Å²) in [7, 11) is -3.47. The molecule has 0 spiro atoms. The largest absolute Gasteiger partial charge is 0.312 e. The van der Waals surface area contributed by atoms with E-state index in [0.717, 1.165) is 38.6 Å². The minimum absolute atomic E-state index is 0.0743. The first-order valence-corrected chi connectivity index (χ1v) is 9.68. The van der Waals surface area contributed by atoms with Gasteiger partial charge in [0.05, 0.1) is 0 Å². The molecule has 1 N–H and O–H groups in total. The lowest BCUT2D eigenvalue weighted by atomic mass is 9.97. The molecular weight excluding hydrogens is 354 g/mol. The Bertz CT molecular complexity index is 602. The normalized spacial score (nSPS) is 27.9. The van der Waals surface area contributed by atoms with E-state index >= 15 is 0 Å². The molecule has 2 fully saturated rings. The first-order valence-electron chi connectivity index (χ1n) is 7.45. The van der Waals surface area contributed by atoms with Crippen molar-refractivity contribution in [3.8, 4) is 0 Å². The lowest BCUT2D eigenvalue weighted by molar-refractivity contribution is 0.211. The molecule has 0 aromatic carbocycles. The van der Waals surface area contributed by atoms with Crippen LogP contribution in [0.5, 0.6) is 0 Å². The minimum atomic E-state index is -3.47. The Hall–Kier alpha value is -0.500. The Morgan fingerprint density at radius 2 is 2.10 bits per heavy atom. The maximum Gasteiger partial charge on any atom is 0.244 e. The number of rotatable bonds is 3. The van der Waals surface area contributed by atoms with Crippen LogP contribution in [0.25, 0.3) is 0 Å². The van der Waals surface area contributed by atoms with E-state index in [-0.39, 0.29) is 10.9 Å². The zero-order chi connectivity index (χ0) is 14.9. The van der Waals surface area contributed by atoms with Crippen molar-refractivity contribution in [1.82, 2.24) is 14.6 Å². The molecule has 2 aliphatic rings. The van der Waals surface area contributed by atoms with Gasteiger partial charge < -0.3 is 5.32 Å². The quantitative estimate of drug-likeness (QED) is 0.881. The Kier molecular flexibility index (Phi) is 4.63. The van der Waals surface area contributed by atoms with E-state index < -0.39 is 10.0 Å². The van der Waals surface area contributed by atoms with Crippen LogP contribution in [0.4, 0.5) is 0 Å². The third kappa shape index (κ3) is 3.16. The minimum Gasteiger partial charge on any atom is -0.312 e. The molecule has 2 unspecified atom stereocenters. The molecule has 0 radical (unpaired) electrons. The Morgan fingerprint density at radius 3 is 2.81 bits per heavy atom. The van der Waals surface area contributed by atoms with Crippen molar-refractivity contribution in [2.75, 3.05) is 13.1 Å². The van der Waals surface area contributed by atoms with Gasteiger partial charge in [-0.1, -0.05) is 6.42 Å². The number of halogens is 1. The van der Waals surface area contributed by atoms with Gasteiger partial charge in [-0.25, -0.2) is 8.42 Å². The zero-order valence-electron chi connectivity index (χ0n) is 11.8. The summed E-state index contributed by atoms with van der Waals surface area (Å²) in [6.45, 7) is 1.60. The van der Waals surface area contributed by atoms with Crippen molar-refractivity contribution in [3.63, 3.8) is 0 Å². The van der Waals surface area contributed by atoms with Gasteiger partial charge in [0, 0.05) is 35.5 Å². The van der Waals surface area contributed by atoms with Crippen LogP contribution >= 0.6 is 15.9 Å². The van der Waals surface area contributed by atoms with Gasteiger partial charge in [-0.05, 0) is 54.2 Å². The van der Waals surface area contributed by atoms with E-state index in [1.807, 2.05) is 0 Å². The van der Waals surface area contributed by atoms with Crippen LogP contribution in [0.15, 0.2) is 27.8 Å². The third-order valence-electron chi connectivity index (χ3n) is 4.35. The summed E-state index contributed by atoms with van der Waals surface area (Å²) < 4.78 is 28.3. The fraction of sp³-hybridized carbons (Fsp3) is 0.643. The molecule has 0 amide bonds. The van der Waals surface area contributed by atoms with Crippen molar-refractivity contribution in [1.29, 1.82) is 0 Å². The molecule has 5 nitrogen and oxygen atoms in total. The van der Waals surface area contributed by atoms with Gasteiger partial charge in [0.25, 0.3) is 0 Å². The van der Waals surface area contributed by atoms with E-state index in [1.54, 1.807) is 16.6 Å². The maximum absolute atomic E-state index is 12.9. The molecule has 0 aliphatic carbocycles. The summed E-state index contributed by atoms with van der Waals surface area (Å²) in [6.07, 6.45) is 8.22. The number of nitrogens with zero attached hydrogens (tertiary/aromatic N) is 2. The summed E-state index contributed by atoms with van der Waals surface area (Å²) in [5.41, 5.74) is 0. The number of sulfonamides is 1. The molecular formula is C14H20BrN3O2S. The summed E-state index contributed by atoms with van der Waals surface area (Å²) in [6, 6.07) is 2.00. The molecule has 1 aromatic heterocycles. The van der Waals surface area contributed by atoms with Crippen LogP contribution in [-0.4, -0.2) is 42.9 Å². The van der Waals surface area contributed by atoms with Gasteiger partial charge in [-0.2, -0.15) is 4.31 Å². The van der Waals surface area contributed by atoms with Crippen LogP contribution in [0.2, 0.25) is 0 Å². The average Bonchev–Trinajstić information content (AvgIpc) is 3.01. The van der Waals surface area contributed by atoms with Crippen molar-refractivity contribution in [2.24, 2.45) is 0 Å². The fourth-order valence-corrected chi connectivity index (χ4v) is 5.58. The molecule has 2 aliphatic heterocycles. The Labute approximate surface area is 134 Å². The number of pyridine rings is 1. The maximum atomic E-state index is 12.9. The summed E-state index contributed by atoms with van der Waals surface area (Å²) >= 11 is 3.30. The predicted octanol–water partition coefficient (Wildman–Crippen LogP) is 2.14. The first kappa shape index (κ1) is 15.4. The van der Waals surface area contributed by atoms with Crippen molar-refractivity contribution in [2.45, 2.75) is 49.1 Å². The predicted molar refractivity (Wildman–Crippen MR) is 84.5 cm³/mol. The summed E-state index contributed by atoms with van der Waals surface area (Å²) in [5.74, 6) is 0. The molecule has 0 bridgehead atoms. The summed E-state index contributed by atoms with van der Waals surface area (Å²) in [5, 5.41) is 3.46. The molecule has 2 atom stereocenters. The molecule has 2 saturated heterocycles. The van der Waals surface area contributed by atoms with Gasteiger partial charge >= 0.3 is 0 Å². The second-order valence-electron chi connectivity index (χ2n) is 5.72. The van der Waals surface area contributed by atoms with Gasteiger partial charge in [-0.15, -0.1) is 0 Å². The lowest BCUT2D eigenvalue weighted by Crippen LogP contribution is -2.52. The van der Waals surface area contributed by atoms with E-state index in [1.165, 1.54) is 6.20 Å². The molecule has 3 heterocycles. The number of piperidine rings is 1. The van der Waals surface area contributed by atoms with Crippen molar-refractivity contribution in [3.05, 3.63) is 22.9 Å². The second kappa shape index (κ2) is 6.32. The van der Waals surface area contributed by atoms with Crippen LogP contribution in [0.1, 0.15) is 32.1 Å². The van der Waals surface area contributed by atoms with Crippen LogP contribution < -0.4 is 5.32 Å². The molecule has 0 saturated carbocycles. The SMILES string of the molecule is O=S(=O)(c1cncc(Br)c1)N1CCCCC1C1CCCN1. The van der Waals surface area contributed by atoms with Crippen molar-refractivity contribution >= 4 is 26.0 Å². The Morgan fingerprint density at radius 1 is 1.24 bits per heavy atom. The molecule has 1 aromatic rings. The van der Waals surface area contributed by atoms with Crippen LogP contribution in [0.3, 0.4) is 0 Å². The first-order chi connectivity index (χ1) is 10.1. The standard InChI is InChI=1S/C14H20BrN3O2S/c15-11-8-12(10-16-9-11)21(19,20)18-7-2-1-5-14(18)13-4-3-6-17-13/h8-10,13-14,17H,1-7H2. The van der Waals surface area contributed by atoms with Gasteiger partial charge in [0.2, 0.25) is 10.0 Å². The van der Waals surface area contributed by atoms with Gasteiger partial charge in [0.1, 0.15) is 4.90 Å². The highest BCUT2D eigenvalue weighted by Gasteiger charge is 2.38. The second-order valence-corrected chi connectivity index (χ2v) is 8.53. The van der Waals surface area contributed by atoms with Gasteiger partial charge in [-0.3, -0.25) is 4.98 Å². The average molecular weight is 374 g/mol. The highest BCUT2D eigenvalue weighted by molar-refractivity contribution is 9.10.